The molecule has 0 aliphatic carbocycles. The molecule has 10 aromatic carbocycles. The Morgan fingerprint density at radius 3 is 0.971 bits per heavy atom. The summed E-state index contributed by atoms with van der Waals surface area (Å²) in [6.45, 7) is 29.0. The zero-order chi connectivity index (χ0) is 49.2. The van der Waals surface area contributed by atoms with Gasteiger partial charge in [-0.15, -0.1) is 0 Å². The summed E-state index contributed by atoms with van der Waals surface area (Å²) in [7, 11) is -3.51. The van der Waals surface area contributed by atoms with E-state index in [4.69, 9.17) is 0 Å². The summed E-state index contributed by atoms with van der Waals surface area (Å²) in [6.07, 6.45) is 0. The van der Waals surface area contributed by atoms with Crippen molar-refractivity contribution < 1.29 is 0 Å². The van der Waals surface area contributed by atoms with E-state index in [0.717, 1.165) is 11.4 Å². The van der Waals surface area contributed by atoms with Crippen LogP contribution in [0, 0.1) is 13.8 Å². The Bertz CT molecular complexity index is 3270. The molecule has 0 aliphatic rings. The first-order valence-electron chi connectivity index (χ1n) is 25.4. The van der Waals surface area contributed by atoms with Crippen LogP contribution < -0.4 is 20.2 Å². The minimum Gasteiger partial charge on any atom is -0.310 e. The van der Waals surface area contributed by atoms with Gasteiger partial charge in [-0.25, -0.2) is 0 Å². The number of anilines is 6. The highest BCUT2D eigenvalue weighted by Crippen LogP contribution is 2.52. The molecular weight excluding hydrogens is 877 g/mol. The highest BCUT2D eigenvalue weighted by Gasteiger charge is 2.30. The second kappa shape index (κ2) is 18.2. The summed E-state index contributed by atoms with van der Waals surface area (Å²) < 4.78 is 0. The SMILES string of the molecule is Cc1cc([Si](C)(C)C)c(-c2ccccc2)cc1N(c1ccccc1)c1cc(C(C)C)c2ccc3c(N(c4ccccc4)c4cc(-c5ccccc5)c([Si](C)(C)C)cc4C)cc(C(C)C)c4ccc1c2c43. The molecule has 0 N–H and O–H groups in total. The van der Waals surface area contributed by atoms with Gasteiger partial charge in [0.05, 0.1) is 27.5 Å². The highest BCUT2D eigenvalue weighted by molar-refractivity contribution is 6.90. The molecule has 0 atom stereocenters. The summed E-state index contributed by atoms with van der Waals surface area (Å²) in [5, 5.41) is 10.8. The first-order chi connectivity index (χ1) is 33.5. The van der Waals surface area contributed by atoms with Crippen LogP contribution in [0.15, 0.2) is 182 Å². The minimum atomic E-state index is -1.76. The molecule has 10 rings (SSSR count). The van der Waals surface area contributed by atoms with Gasteiger partial charge in [0.1, 0.15) is 0 Å². The number of rotatable bonds is 12. The lowest BCUT2D eigenvalue weighted by atomic mass is 9.84. The quantitative estimate of drug-likeness (QED) is 0.0889. The molecular formula is C66H68N2Si2. The van der Waals surface area contributed by atoms with Crippen molar-refractivity contribution in [1.29, 1.82) is 0 Å². The fourth-order valence-corrected chi connectivity index (χ4v) is 14.5. The van der Waals surface area contributed by atoms with Crippen LogP contribution in [0.25, 0.3) is 54.6 Å². The van der Waals surface area contributed by atoms with Crippen LogP contribution in [0.1, 0.15) is 61.8 Å². The Labute approximate surface area is 419 Å². The third-order valence-corrected chi connectivity index (χ3v) is 18.7. The Morgan fingerprint density at radius 2 is 0.657 bits per heavy atom. The van der Waals surface area contributed by atoms with Crippen LogP contribution in [0.3, 0.4) is 0 Å². The maximum atomic E-state index is 2.57. The Kier molecular flexibility index (Phi) is 12.2. The monoisotopic (exact) mass is 944 g/mol. The van der Waals surface area contributed by atoms with E-state index in [-0.39, 0.29) is 11.8 Å². The van der Waals surface area contributed by atoms with Crippen molar-refractivity contribution in [2.45, 2.75) is 92.7 Å². The van der Waals surface area contributed by atoms with Crippen LogP contribution >= 0.6 is 0 Å². The van der Waals surface area contributed by atoms with Crippen molar-refractivity contribution in [2.75, 3.05) is 9.80 Å². The molecule has 0 aliphatic heterocycles. The largest absolute Gasteiger partial charge is 0.310 e. The second-order valence-electron chi connectivity index (χ2n) is 22.3. The molecule has 4 heteroatoms. The summed E-state index contributed by atoms with van der Waals surface area (Å²) in [5.74, 6) is 0.565. The Morgan fingerprint density at radius 1 is 0.343 bits per heavy atom. The molecule has 2 nitrogen and oxygen atoms in total. The van der Waals surface area contributed by atoms with Crippen LogP contribution in [0.5, 0.6) is 0 Å². The van der Waals surface area contributed by atoms with Gasteiger partial charge in [0, 0.05) is 33.5 Å². The smallest absolute Gasteiger partial charge is 0.0784 e. The molecule has 0 saturated heterocycles. The zero-order valence-corrected chi connectivity index (χ0v) is 45.4. The first kappa shape index (κ1) is 47.0. The summed E-state index contributed by atoms with van der Waals surface area (Å²) in [4.78, 5) is 5.14. The van der Waals surface area contributed by atoms with Crippen molar-refractivity contribution >= 4 is 93.0 Å². The maximum Gasteiger partial charge on any atom is 0.0784 e. The van der Waals surface area contributed by atoms with Crippen molar-refractivity contribution in [3.63, 3.8) is 0 Å². The van der Waals surface area contributed by atoms with E-state index in [1.54, 1.807) is 0 Å². The topological polar surface area (TPSA) is 6.48 Å². The van der Waals surface area contributed by atoms with Crippen LogP contribution in [-0.2, 0) is 0 Å². The maximum absolute atomic E-state index is 2.57. The molecule has 0 amide bonds. The van der Waals surface area contributed by atoms with Crippen LogP contribution in [0.4, 0.5) is 34.1 Å². The standard InChI is InChI=1S/C66H68N2Si2/c1-43(2)55-39-61(67(49-29-21-15-22-30-49)59-41-57(47-25-17-13-18-26-47)63(37-45(59)5)69(7,8)9)53-36-34-52-56(44(3)4)40-62(54-35-33-51(55)65(53)66(52)54)68(50-31-23-16-24-32-50)60-42-58(48-27-19-14-20-28-48)64(38-46(60)6)70(10,11)12/h13-44H,1-12H3. The number of benzene rings is 10. The number of para-hydroxylation sites is 2. The van der Waals surface area contributed by atoms with E-state index in [2.05, 4.69) is 273 Å². The average Bonchev–Trinajstić information content (AvgIpc) is 3.35. The predicted octanol–water partition coefficient (Wildman–Crippen LogP) is 18.8. The van der Waals surface area contributed by atoms with E-state index in [9.17, 15) is 0 Å². The summed E-state index contributed by atoms with van der Waals surface area (Å²) >= 11 is 0. The van der Waals surface area contributed by atoms with Crippen molar-refractivity contribution in [3.05, 3.63) is 204 Å². The number of hydrogen-bond acceptors (Lipinski definition) is 2. The van der Waals surface area contributed by atoms with E-state index < -0.39 is 16.1 Å². The molecule has 0 fully saturated rings. The lowest BCUT2D eigenvalue weighted by molar-refractivity contribution is 0.875. The molecule has 10 aromatic rings. The van der Waals surface area contributed by atoms with Crippen molar-refractivity contribution in [3.8, 4) is 22.3 Å². The molecule has 350 valence electrons. The van der Waals surface area contributed by atoms with E-state index in [0.29, 0.717) is 0 Å². The second-order valence-corrected chi connectivity index (χ2v) is 32.4. The van der Waals surface area contributed by atoms with Gasteiger partial charge < -0.3 is 9.80 Å². The van der Waals surface area contributed by atoms with Gasteiger partial charge in [0.15, 0.2) is 0 Å². The Hall–Kier alpha value is -6.73. The molecule has 0 aromatic heterocycles. The van der Waals surface area contributed by atoms with Gasteiger partial charge in [-0.2, -0.15) is 0 Å². The predicted molar refractivity (Wildman–Crippen MR) is 314 cm³/mol. The summed E-state index contributed by atoms with van der Waals surface area (Å²) in [5.41, 5.74) is 17.6. The van der Waals surface area contributed by atoms with E-state index in [1.165, 1.54) is 110 Å². The van der Waals surface area contributed by atoms with Crippen LogP contribution in [-0.4, -0.2) is 16.1 Å². The lowest BCUT2D eigenvalue weighted by Crippen LogP contribution is -2.39. The summed E-state index contributed by atoms with van der Waals surface area (Å²) in [6, 6.07) is 69.1. The molecule has 0 unspecified atom stereocenters. The molecule has 0 spiro atoms. The first-order valence-corrected chi connectivity index (χ1v) is 32.4. The van der Waals surface area contributed by atoms with Gasteiger partial charge in [-0.05, 0) is 140 Å². The van der Waals surface area contributed by atoms with Gasteiger partial charge in [-0.1, -0.05) is 211 Å². The van der Waals surface area contributed by atoms with Gasteiger partial charge in [0.2, 0.25) is 0 Å². The normalized spacial score (nSPS) is 12.3. The fourth-order valence-electron chi connectivity index (χ4n) is 11.1. The third-order valence-electron chi connectivity index (χ3n) is 14.6. The third kappa shape index (κ3) is 8.35. The molecule has 0 bridgehead atoms. The number of hydrogen-bond donors (Lipinski definition) is 0. The van der Waals surface area contributed by atoms with Gasteiger partial charge in [-0.3, -0.25) is 0 Å². The lowest BCUT2D eigenvalue weighted by Gasteiger charge is -2.34. The average molecular weight is 945 g/mol. The minimum absolute atomic E-state index is 0.282. The van der Waals surface area contributed by atoms with Crippen molar-refractivity contribution in [2.24, 2.45) is 0 Å². The molecule has 70 heavy (non-hydrogen) atoms. The Balaban J connectivity index is 1.32. The van der Waals surface area contributed by atoms with Gasteiger partial charge >= 0.3 is 0 Å². The highest BCUT2D eigenvalue weighted by atomic mass is 28.3. The fraction of sp³-hybridized carbons (Fsp3) is 0.212. The van der Waals surface area contributed by atoms with E-state index in [1.807, 2.05) is 0 Å². The zero-order valence-electron chi connectivity index (χ0n) is 43.4. The van der Waals surface area contributed by atoms with Gasteiger partial charge in [0.25, 0.3) is 0 Å². The number of aryl methyl sites for hydroxylation is 2. The van der Waals surface area contributed by atoms with Crippen molar-refractivity contribution in [1.82, 2.24) is 0 Å². The molecule has 0 heterocycles. The molecule has 0 saturated carbocycles. The number of nitrogens with zero attached hydrogens (tertiary/aromatic N) is 2. The molecule has 0 radical (unpaired) electrons. The van der Waals surface area contributed by atoms with E-state index >= 15 is 0 Å². The van der Waals surface area contributed by atoms with Crippen LogP contribution in [0.2, 0.25) is 39.3 Å².